The number of halogens is 1. The van der Waals surface area contributed by atoms with Crippen molar-refractivity contribution in [2.24, 2.45) is 4.99 Å². The number of nitrogens with one attached hydrogen (secondary N) is 2. The molecule has 0 aliphatic carbocycles. The van der Waals surface area contributed by atoms with Crippen LogP contribution in [0.25, 0.3) is 0 Å². The van der Waals surface area contributed by atoms with E-state index < -0.39 is 0 Å². The summed E-state index contributed by atoms with van der Waals surface area (Å²) in [7, 11) is 1.64. The Bertz CT molecular complexity index is 607. The highest BCUT2D eigenvalue weighted by molar-refractivity contribution is 14.0. The lowest BCUT2D eigenvalue weighted by molar-refractivity contribution is -0.143. The number of carbonyl (C=O) groups is 1. The maximum absolute atomic E-state index is 11.4. The van der Waals surface area contributed by atoms with E-state index in [9.17, 15) is 4.79 Å². The van der Waals surface area contributed by atoms with Crippen LogP contribution in [-0.2, 0) is 33.8 Å². The second kappa shape index (κ2) is 12.9. The number of aryl methyl sites for hydroxylation is 1. The fraction of sp³-hybridized carbons (Fsp3) is 0.765. The van der Waals surface area contributed by atoms with Crippen molar-refractivity contribution in [2.75, 3.05) is 26.8 Å². The number of guanidine groups is 1. The molecule has 27 heavy (non-hydrogen) atoms. The molecule has 9 nitrogen and oxygen atoms in total. The molecule has 0 saturated carbocycles. The van der Waals surface area contributed by atoms with Crippen LogP contribution in [0.1, 0.15) is 44.8 Å². The average Bonchev–Trinajstić information content (AvgIpc) is 3.01. The standard InChI is InChI=1S/C17H30N6O3.HI/c1-4-18-17(19-10-6-7-16(24)26-5-2)20-13-8-9-15-21-14(12-25-3)22-23(15)11-13;/h13H,4-12H2,1-3H3,(H2,18,19,20);1H. The van der Waals surface area contributed by atoms with Gasteiger partial charge in [0.25, 0.3) is 0 Å². The average molecular weight is 494 g/mol. The summed E-state index contributed by atoms with van der Waals surface area (Å²) in [6, 6.07) is 0.238. The third-order valence-corrected chi connectivity index (χ3v) is 3.97. The summed E-state index contributed by atoms with van der Waals surface area (Å²) < 4.78 is 12.0. The Morgan fingerprint density at radius 1 is 1.41 bits per heavy atom. The molecule has 0 fully saturated rings. The summed E-state index contributed by atoms with van der Waals surface area (Å²) >= 11 is 0. The van der Waals surface area contributed by atoms with Crippen LogP contribution in [0, 0.1) is 0 Å². The minimum atomic E-state index is -0.168. The van der Waals surface area contributed by atoms with Crippen LogP contribution in [0.2, 0.25) is 0 Å². The van der Waals surface area contributed by atoms with E-state index in [1.54, 1.807) is 7.11 Å². The zero-order valence-corrected chi connectivity index (χ0v) is 18.7. The third-order valence-electron chi connectivity index (χ3n) is 3.97. The lowest BCUT2D eigenvalue weighted by Gasteiger charge is -2.25. The normalized spacial score (nSPS) is 16.3. The third kappa shape index (κ3) is 7.99. The van der Waals surface area contributed by atoms with E-state index >= 15 is 0 Å². The Kier molecular flexibility index (Phi) is 11.3. The van der Waals surface area contributed by atoms with Gasteiger partial charge < -0.3 is 20.1 Å². The van der Waals surface area contributed by atoms with Crippen molar-refractivity contribution in [1.82, 2.24) is 25.4 Å². The summed E-state index contributed by atoms with van der Waals surface area (Å²) in [6.45, 7) is 6.80. The van der Waals surface area contributed by atoms with Gasteiger partial charge in [0.05, 0.1) is 13.2 Å². The molecule has 1 aliphatic rings. The Hall–Kier alpha value is -1.43. The van der Waals surface area contributed by atoms with E-state index in [-0.39, 0.29) is 36.0 Å². The minimum absolute atomic E-state index is 0. The number of nitrogens with zero attached hydrogens (tertiary/aromatic N) is 4. The number of ether oxygens (including phenoxy) is 2. The number of hydrogen-bond acceptors (Lipinski definition) is 6. The van der Waals surface area contributed by atoms with Crippen LogP contribution in [0.15, 0.2) is 4.99 Å². The zero-order valence-electron chi connectivity index (χ0n) is 16.4. The SMILES string of the molecule is CCNC(=NCCCC(=O)OCC)NC1CCc2nc(COC)nn2C1.I. The van der Waals surface area contributed by atoms with Gasteiger partial charge in [0.1, 0.15) is 12.4 Å². The molecule has 154 valence electrons. The number of carbonyl (C=O) groups excluding carboxylic acids is 1. The van der Waals surface area contributed by atoms with Crippen molar-refractivity contribution >= 4 is 35.9 Å². The Labute approximate surface area is 177 Å². The van der Waals surface area contributed by atoms with Gasteiger partial charge in [-0.25, -0.2) is 9.67 Å². The van der Waals surface area contributed by atoms with E-state index in [4.69, 9.17) is 9.47 Å². The summed E-state index contributed by atoms with van der Waals surface area (Å²) in [4.78, 5) is 20.4. The monoisotopic (exact) mass is 494 g/mol. The lowest BCUT2D eigenvalue weighted by Crippen LogP contribution is -2.47. The number of esters is 1. The predicted molar refractivity (Wildman–Crippen MR) is 113 cm³/mol. The first-order valence-corrected chi connectivity index (χ1v) is 9.28. The Balaban J connectivity index is 0.00000364. The summed E-state index contributed by atoms with van der Waals surface area (Å²) in [5.74, 6) is 2.33. The van der Waals surface area contributed by atoms with E-state index in [2.05, 4.69) is 25.7 Å². The molecule has 0 bridgehead atoms. The number of fused-ring (bicyclic) bond motifs is 1. The van der Waals surface area contributed by atoms with Crippen molar-refractivity contribution in [3.8, 4) is 0 Å². The van der Waals surface area contributed by atoms with Gasteiger partial charge in [0.2, 0.25) is 0 Å². The van der Waals surface area contributed by atoms with Crippen LogP contribution in [0.5, 0.6) is 0 Å². The zero-order chi connectivity index (χ0) is 18.8. The van der Waals surface area contributed by atoms with Crippen molar-refractivity contribution in [3.63, 3.8) is 0 Å². The van der Waals surface area contributed by atoms with Crippen molar-refractivity contribution in [3.05, 3.63) is 11.6 Å². The second-order valence-electron chi connectivity index (χ2n) is 6.11. The first kappa shape index (κ1) is 23.6. The molecular weight excluding hydrogens is 463 g/mol. The number of aromatic nitrogens is 3. The molecule has 2 rings (SSSR count). The number of aliphatic imine (C=N–C) groups is 1. The van der Waals surface area contributed by atoms with Gasteiger partial charge in [0.15, 0.2) is 11.8 Å². The molecule has 10 heteroatoms. The highest BCUT2D eigenvalue weighted by Crippen LogP contribution is 2.13. The van der Waals surface area contributed by atoms with Gasteiger partial charge in [-0.1, -0.05) is 0 Å². The molecule has 2 heterocycles. The maximum Gasteiger partial charge on any atom is 0.305 e. The van der Waals surface area contributed by atoms with E-state index in [0.29, 0.717) is 32.6 Å². The first-order chi connectivity index (χ1) is 12.7. The van der Waals surface area contributed by atoms with Gasteiger partial charge in [-0.15, -0.1) is 24.0 Å². The van der Waals surface area contributed by atoms with Crippen LogP contribution in [-0.4, -0.2) is 59.5 Å². The van der Waals surface area contributed by atoms with Gasteiger partial charge in [-0.3, -0.25) is 9.79 Å². The summed E-state index contributed by atoms with van der Waals surface area (Å²) in [5.41, 5.74) is 0. The topological polar surface area (TPSA) is 103 Å². The number of rotatable bonds is 9. The van der Waals surface area contributed by atoms with Crippen LogP contribution in [0.3, 0.4) is 0 Å². The van der Waals surface area contributed by atoms with Gasteiger partial charge in [-0.05, 0) is 26.7 Å². The van der Waals surface area contributed by atoms with E-state index in [1.165, 1.54) is 0 Å². The predicted octanol–water partition coefficient (Wildman–Crippen LogP) is 1.26. The fourth-order valence-electron chi connectivity index (χ4n) is 2.83. The second-order valence-corrected chi connectivity index (χ2v) is 6.11. The van der Waals surface area contributed by atoms with Crippen molar-refractivity contribution in [2.45, 2.75) is 58.7 Å². The molecule has 1 atom stereocenters. The van der Waals surface area contributed by atoms with E-state index in [1.807, 2.05) is 18.5 Å². The van der Waals surface area contributed by atoms with Crippen LogP contribution < -0.4 is 10.6 Å². The minimum Gasteiger partial charge on any atom is -0.466 e. The summed E-state index contributed by atoms with van der Waals surface area (Å²) in [5, 5.41) is 11.2. The molecule has 0 amide bonds. The van der Waals surface area contributed by atoms with Crippen LogP contribution >= 0.6 is 24.0 Å². The molecule has 0 aromatic carbocycles. The molecule has 1 aliphatic heterocycles. The molecule has 2 N–H and O–H groups in total. The molecule has 1 aromatic rings. The quantitative estimate of drug-likeness (QED) is 0.175. The molecule has 0 radical (unpaired) electrons. The Morgan fingerprint density at radius 2 is 2.22 bits per heavy atom. The highest BCUT2D eigenvalue weighted by Gasteiger charge is 2.22. The molecule has 0 spiro atoms. The number of methoxy groups -OCH3 is 1. The molecule has 0 saturated heterocycles. The van der Waals surface area contributed by atoms with Crippen molar-refractivity contribution in [1.29, 1.82) is 0 Å². The van der Waals surface area contributed by atoms with Gasteiger partial charge >= 0.3 is 5.97 Å². The first-order valence-electron chi connectivity index (χ1n) is 9.28. The molecule has 1 aromatic heterocycles. The fourth-order valence-corrected chi connectivity index (χ4v) is 2.83. The molecule has 1 unspecified atom stereocenters. The van der Waals surface area contributed by atoms with Crippen molar-refractivity contribution < 1.29 is 14.3 Å². The van der Waals surface area contributed by atoms with Gasteiger partial charge in [0, 0.05) is 39.1 Å². The van der Waals surface area contributed by atoms with E-state index in [0.717, 1.165) is 43.5 Å². The number of hydrogen-bond donors (Lipinski definition) is 2. The maximum atomic E-state index is 11.4. The van der Waals surface area contributed by atoms with Crippen LogP contribution in [0.4, 0.5) is 0 Å². The summed E-state index contributed by atoms with van der Waals surface area (Å²) in [6.07, 6.45) is 2.91. The lowest BCUT2D eigenvalue weighted by atomic mass is 10.1. The molecular formula is C17H31IN6O3. The largest absolute Gasteiger partial charge is 0.466 e. The highest BCUT2D eigenvalue weighted by atomic mass is 127. The van der Waals surface area contributed by atoms with Gasteiger partial charge in [-0.2, -0.15) is 5.10 Å². The smallest absolute Gasteiger partial charge is 0.305 e. The Morgan fingerprint density at radius 3 is 2.93 bits per heavy atom.